The lowest BCUT2D eigenvalue weighted by molar-refractivity contribution is -0.151. The molecule has 1 N–H and O–H groups in total. The maximum Gasteiger partial charge on any atom is 0.309 e. The molecule has 0 heterocycles. The molecule has 0 saturated heterocycles. The second-order valence-electron chi connectivity index (χ2n) is 4.20. The van der Waals surface area contributed by atoms with Gasteiger partial charge in [-0.2, -0.15) is 0 Å². The van der Waals surface area contributed by atoms with Gasteiger partial charge in [-0.3, -0.25) is 4.79 Å². The molecular formula is C12H18O2. The van der Waals surface area contributed by atoms with Gasteiger partial charge in [-0.1, -0.05) is 19.3 Å². The Hall–Kier alpha value is -0.970. The Bertz CT molecular complexity index is 231. The first-order chi connectivity index (χ1) is 6.71. The molecule has 1 saturated carbocycles. The summed E-state index contributed by atoms with van der Waals surface area (Å²) in [6, 6.07) is 0. The van der Waals surface area contributed by atoms with E-state index in [1.807, 2.05) is 0 Å². The maximum absolute atomic E-state index is 11.2. The summed E-state index contributed by atoms with van der Waals surface area (Å²) in [7, 11) is 0. The average Bonchev–Trinajstić information content (AvgIpc) is 2.19. The topological polar surface area (TPSA) is 37.3 Å². The number of aliphatic carboxylic acids is 1. The third-order valence-electron chi connectivity index (χ3n) is 3.24. The predicted octanol–water partition coefficient (Wildman–Crippen LogP) is 2.83. The average molecular weight is 194 g/mol. The van der Waals surface area contributed by atoms with Crippen LogP contribution in [0, 0.1) is 17.8 Å². The number of rotatable bonds is 4. The number of hydrogen-bond donors (Lipinski definition) is 1. The number of unbranched alkanes of at least 4 members (excludes halogenated alkanes) is 1. The van der Waals surface area contributed by atoms with Gasteiger partial charge < -0.3 is 5.11 Å². The zero-order valence-electron chi connectivity index (χ0n) is 8.59. The van der Waals surface area contributed by atoms with Crippen LogP contribution in [0.4, 0.5) is 0 Å². The van der Waals surface area contributed by atoms with Gasteiger partial charge in [0.2, 0.25) is 0 Å². The van der Waals surface area contributed by atoms with E-state index in [0.29, 0.717) is 6.42 Å². The summed E-state index contributed by atoms with van der Waals surface area (Å²) in [5.41, 5.74) is -0.449. The molecule has 0 aromatic carbocycles. The Balaban J connectivity index is 2.53. The van der Waals surface area contributed by atoms with E-state index in [1.165, 1.54) is 6.42 Å². The maximum atomic E-state index is 11.2. The van der Waals surface area contributed by atoms with E-state index in [4.69, 9.17) is 6.42 Å². The molecule has 14 heavy (non-hydrogen) atoms. The molecule has 0 bridgehead atoms. The first kappa shape index (κ1) is 11.1. The molecule has 1 aliphatic carbocycles. The van der Waals surface area contributed by atoms with Crippen LogP contribution < -0.4 is 0 Å². The minimum absolute atomic E-state index is 0.449. The molecule has 0 aliphatic heterocycles. The van der Waals surface area contributed by atoms with E-state index < -0.39 is 11.4 Å². The Labute approximate surface area is 85.7 Å². The van der Waals surface area contributed by atoms with Crippen molar-refractivity contribution in [1.82, 2.24) is 0 Å². The molecule has 0 atom stereocenters. The summed E-state index contributed by atoms with van der Waals surface area (Å²) in [5.74, 6) is 1.95. The highest BCUT2D eigenvalue weighted by molar-refractivity contribution is 5.74. The van der Waals surface area contributed by atoms with Gasteiger partial charge >= 0.3 is 5.97 Å². The number of terminal acetylenes is 1. The highest BCUT2D eigenvalue weighted by Gasteiger charge is 2.38. The molecule has 1 fully saturated rings. The quantitative estimate of drug-likeness (QED) is 0.552. The Kier molecular flexibility index (Phi) is 4.00. The molecule has 0 spiro atoms. The SMILES string of the molecule is C#CCCCC1(C(=O)O)CCCCC1. The molecule has 0 aromatic rings. The van der Waals surface area contributed by atoms with Gasteiger partial charge in [0.05, 0.1) is 5.41 Å². The van der Waals surface area contributed by atoms with Crippen molar-refractivity contribution in [3.63, 3.8) is 0 Å². The molecule has 1 rings (SSSR count). The number of hydrogen-bond acceptors (Lipinski definition) is 1. The van der Waals surface area contributed by atoms with Crippen molar-refractivity contribution in [2.45, 2.75) is 51.4 Å². The summed E-state index contributed by atoms with van der Waals surface area (Å²) in [5, 5.41) is 9.24. The van der Waals surface area contributed by atoms with Gasteiger partial charge in [0.25, 0.3) is 0 Å². The van der Waals surface area contributed by atoms with Crippen molar-refractivity contribution in [3.8, 4) is 12.3 Å². The summed E-state index contributed by atoms with van der Waals surface area (Å²) >= 11 is 0. The van der Waals surface area contributed by atoms with Gasteiger partial charge in [-0.25, -0.2) is 0 Å². The Morgan fingerprint density at radius 1 is 1.36 bits per heavy atom. The van der Waals surface area contributed by atoms with Gasteiger partial charge in [0.15, 0.2) is 0 Å². The standard InChI is InChI=1S/C12H18O2/c1-2-3-5-8-12(11(13)14)9-6-4-7-10-12/h1H,3-10H2,(H,13,14). The molecule has 78 valence electrons. The molecule has 0 amide bonds. The van der Waals surface area contributed by atoms with Gasteiger partial charge in [-0.05, 0) is 25.7 Å². The Morgan fingerprint density at radius 2 is 2.00 bits per heavy atom. The van der Waals surface area contributed by atoms with Crippen LogP contribution in [0.5, 0.6) is 0 Å². The van der Waals surface area contributed by atoms with Crippen molar-refractivity contribution in [2.24, 2.45) is 5.41 Å². The lowest BCUT2D eigenvalue weighted by Gasteiger charge is -2.33. The largest absolute Gasteiger partial charge is 0.481 e. The van der Waals surface area contributed by atoms with E-state index in [9.17, 15) is 9.90 Å². The van der Waals surface area contributed by atoms with E-state index in [-0.39, 0.29) is 0 Å². The zero-order valence-corrected chi connectivity index (χ0v) is 8.59. The normalized spacial score (nSPS) is 19.9. The molecule has 2 heteroatoms. The number of carboxylic acids is 1. The fraction of sp³-hybridized carbons (Fsp3) is 0.750. The lowest BCUT2D eigenvalue weighted by Crippen LogP contribution is -2.33. The Morgan fingerprint density at radius 3 is 2.50 bits per heavy atom. The fourth-order valence-electron chi connectivity index (χ4n) is 2.33. The minimum Gasteiger partial charge on any atom is -0.481 e. The monoisotopic (exact) mass is 194 g/mol. The highest BCUT2D eigenvalue weighted by atomic mass is 16.4. The zero-order chi connectivity index (χ0) is 10.4. The van der Waals surface area contributed by atoms with Crippen molar-refractivity contribution < 1.29 is 9.90 Å². The fourth-order valence-corrected chi connectivity index (χ4v) is 2.33. The lowest BCUT2D eigenvalue weighted by atomic mass is 9.71. The minimum atomic E-state index is -0.616. The molecule has 1 aliphatic rings. The van der Waals surface area contributed by atoms with E-state index in [0.717, 1.165) is 38.5 Å². The van der Waals surface area contributed by atoms with Crippen LogP contribution in [0.15, 0.2) is 0 Å². The first-order valence-corrected chi connectivity index (χ1v) is 5.38. The van der Waals surface area contributed by atoms with Crippen LogP contribution in [0.3, 0.4) is 0 Å². The molecule has 0 unspecified atom stereocenters. The molecular weight excluding hydrogens is 176 g/mol. The number of carboxylic acid groups (broad SMARTS) is 1. The molecule has 0 radical (unpaired) electrons. The second kappa shape index (κ2) is 5.05. The van der Waals surface area contributed by atoms with Crippen molar-refractivity contribution in [2.75, 3.05) is 0 Å². The van der Waals surface area contributed by atoms with Crippen molar-refractivity contribution in [3.05, 3.63) is 0 Å². The molecule has 2 nitrogen and oxygen atoms in total. The summed E-state index contributed by atoms with van der Waals surface area (Å²) < 4.78 is 0. The van der Waals surface area contributed by atoms with Crippen molar-refractivity contribution in [1.29, 1.82) is 0 Å². The van der Waals surface area contributed by atoms with Crippen LogP contribution in [-0.4, -0.2) is 11.1 Å². The van der Waals surface area contributed by atoms with Crippen LogP contribution in [0.2, 0.25) is 0 Å². The number of carbonyl (C=O) groups is 1. The van der Waals surface area contributed by atoms with Crippen LogP contribution >= 0.6 is 0 Å². The van der Waals surface area contributed by atoms with Gasteiger partial charge in [0.1, 0.15) is 0 Å². The molecule has 0 aromatic heterocycles. The second-order valence-corrected chi connectivity index (χ2v) is 4.20. The van der Waals surface area contributed by atoms with E-state index >= 15 is 0 Å². The van der Waals surface area contributed by atoms with E-state index in [2.05, 4.69) is 5.92 Å². The van der Waals surface area contributed by atoms with Gasteiger partial charge in [0, 0.05) is 6.42 Å². The van der Waals surface area contributed by atoms with Gasteiger partial charge in [-0.15, -0.1) is 12.3 Å². The summed E-state index contributed by atoms with van der Waals surface area (Å²) in [6.07, 6.45) is 12.5. The highest BCUT2D eigenvalue weighted by Crippen LogP contribution is 2.40. The van der Waals surface area contributed by atoms with E-state index in [1.54, 1.807) is 0 Å². The third kappa shape index (κ3) is 2.51. The van der Waals surface area contributed by atoms with Crippen LogP contribution in [0.1, 0.15) is 51.4 Å². The summed E-state index contributed by atoms with van der Waals surface area (Å²) in [4.78, 5) is 11.2. The van der Waals surface area contributed by atoms with Crippen molar-refractivity contribution >= 4 is 5.97 Å². The smallest absolute Gasteiger partial charge is 0.309 e. The van der Waals surface area contributed by atoms with Crippen LogP contribution in [0.25, 0.3) is 0 Å². The first-order valence-electron chi connectivity index (χ1n) is 5.38. The third-order valence-corrected chi connectivity index (χ3v) is 3.24. The summed E-state index contributed by atoms with van der Waals surface area (Å²) in [6.45, 7) is 0. The van der Waals surface area contributed by atoms with Crippen LogP contribution in [-0.2, 0) is 4.79 Å². The predicted molar refractivity (Wildman–Crippen MR) is 55.8 cm³/mol.